The highest BCUT2D eigenvalue weighted by atomic mass is 31.2. The molecule has 0 spiro atoms. The summed E-state index contributed by atoms with van der Waals surface area (Å²) in [5, 5.41) is 1.97. The maximum atomic E-state index is 7.18. The van der Waals surface area contributed by atoms with Gasteiger partial charge < -0.3 is 18.1 Å². The molecule has 4 nitrogen and oxygen atoms in total. The summed E-state index contributed by atoms with van der Waals surface area (Å²) in [7, 11) is -3.18. The number of para-hydroxylation sites is 2. The van der Waals surface area contributed by atoms with Crippen molar-refractivity contribution < 1.29 is 18.1 Å². The van der Waals surface area contributed by atoms with Gasteiger partial charge in [0, 0.05) is 11.1 Å². The standard InChI is InChI=1S/C48H52O4P2.C2H6/c1-33-29-35(3)45(51-53(37-21-13-11-14-22-37)49-43-27-19-17-25-41(43)47(5,6)7)39(31-33)40-32-34(2)30-36(4)46(40)52-54(38-23-15-12-16-24-38)50-44-28-20-18-26-42(44)48(8,9)10;1-2/h11-32H,1-10H3;1-2H3. The van der Waals surface area contributed by atoms with Crippen LogP contribution in [0.25, 0.3) is 11.1 Å². The second-order valence-electron chi connectivity index (χ2n) is 16.0. The molecular weight excluding hydrogens is 726 g/mol. The van der Waals surface area contributed by atoms with E-state index in [0.29, 0.717) is 0 Å². The van der Waals surface area contributed by atoms with E-state index in [4.69, 9.17) is 18.1 Å². The Morgan fingerprint density at radius 1 is 0.393 bits per heavy atom. The van der Waals surface area contributed by atoms with Crippen LogP contribution in [0.5, 0.6) is 23.0 Å². The molecule has 2 unspecified atom stereocenters. The molecule has 6 aromatic carbocycles. The summed E-state index contributed by atoms with van der Waals surface area (Å²) in [6.07, 6.45) is 0. The van der Waals surface area contributed by atoms with Gasteiger partial charge in [-0.1, -0.05) is 140 Å². The smallest absolute Gasteiger partial charge is 0.326 e. The molecule has 0 bridgehead atoms. The van der Waals surface area contributed by atoms with Gasteiger partial charge in [0.05, 0.1) is 10.6 Å². The van der Waals surface area contributed by atoms with E-state index in [9.17, 15) is 0 Å². The number of aryl methyl sites for hydroxylation is 4. The molecular formula is C50H58O4P2. The van der Waals surface area contributed by atoms with Crippen molar-refractivity contribution in [2.75, 3.05) is 0 Å². The third-order valence-corrected chi connectivity index (χ3v) is 12.0. The molecule has 0 saturated carbocycles. The minimum Gasteiger partial charge on any atom is -0.435 e. The van der Waals surface area contributed by atoms with Crippen molar-refractivity contribution in [1.82, 2.24) is 0 Å². The van der Waals surface area contributed by atoms with Gasteiger partial charge in [-0.3, -0.25) is 0 Å². The van der Waals surface area contributed by atoms with Crippen molar-refractivity contribution in [2.24, 2.45) is 0 Å². The van der Waals surface area contributed by atoms with Crippen LogP contribution in [0.1, 0.15) is 88.8 Å². The van der Waals surface area contributed by atoms with E-state index in [2.05, 4.69) is 142 Å². The van der Waals surface area contributed by atoms with Crippen LogP contribution in [0.4, 0.5) is 0 Å². The first-order chi connectivity index (χ1) is 26.7. The Kier molecular flexibility index (Phi) is 14.1. The van der Waals surface area contributed by atoms with Crippen LogP contribution >= 0.6 is 16.8 Å². The monoisotopic (exact) mass is 784 g/mol. The second-order valence-corrected chi connectivity index (χ2v) is 18.8. The Hall–Kier alpha value is -4.62. The lowest BCUT2D eigenvalue weighted by atomic mass is 9.86. The largest absolute Gasteiger partial charge is 0.435 e. The first-order valence-corrected chi connectivity index (χ1v) is 21.9. The number of hydrogen-bond donors (Lipinski definition) is 0. The zero-order valence-corrected chi connectivity index (χ0v) is 37.0. The van der Waals surface area contributed by atoms with Crippen molar-refractivity contribution in [2.45, 2.75) is 93.9 Å². The third-order valence-electron chi connectivity index (χ3n) is 9.16. The van der Waals surface area contributed by atoms with Gasteiger partial charge in [-0.25, -0.2) is 0 Å². The molecule has 0 saturated heterocycles. The molecule has 0 heterocycles. The van der Waals surface area contributed by atoms with Gasteiger partial charge in [0.2, 0.25) is 0 Å². The quantitative estimate of drug-likeness (QED) is 0.123. The van der Waals surface area contributed by atoms with Gasteiger partial charge in [-0.05, 0) is 120 Å². The molecule has 292 valence electrons. The second kappa shape index (κ2) is 18.5. The van der Waals surface area contributed by atoms with E-state index >= 15 is 0 Å². The fourth-order valence-corrected chi connectivity index (χ4v) is 9.39. The van der Waals surface area contributed by atoms with Gasteiger partial charge >= 0.3 is 16.8 Å². The molecule has 2 atom stereocenters. The molecule has 6 aromatic rings. The first kappa shape index (κ1) is 42.5. The van der Waals surface area contributed by atoms with Crippen LogP contribution in [0, 0.1) is 27.7 Å². The summed E-state index contributed by atoms with van der Waals surface area (Å²) in [5.74, 6) is 3.18. The van der Waals surface area contributed by atoms with Crippen molar-refractivity contribution in [1.29, 1.82) is 0 Å². The minimum absolute atomic E-state index is 0.114. The van der Waals surface area contributed by atoms with Crippen LogP contribution < -0.4 is 28.7 Å². The molecule has 0 fully saturated rings. The van der Waals surface area contributed by atoms with Crippen LogP contribution in [0.15, 0.2) is 133 Å². The van der Waals surface area contributed by atoms with Crippen molar-refractivity contribution >= 4 is 27.4 Å². The fourth-order valence-electron chi connectivity index (χ4n) is 6.57. The highest BCUT2D eigenvalue weighted by Gasteiger charge is 2.29. The summed E-state index contributed by atoms with van der Waals surface area (Å²) in [6, 6.07) is 45.8. The number of hydrogen-bond acceptors (Lipinski definition) is 4. The highest BCUT2D eigenvalue weighted by Crippen LogP contribution is 2.52. The summed E-state index contributed by atoms with van der Waals surface area (Å²) in [4.78, 5) is 0. The SMILES string of the molecule is CC.Cc1cc(C)c(OP(Oc2ccccc2C(C)(C)C)c2ccccc2)c(-c2cc(C)cc(C)c2OP(Oc2ccccc2C(C)(C)C)c2ccccc2)c1. The number of benzene rings is 6. The van der Waals surface area contributed by atoms with Crippen LogP contribution in [0.3, 0.4) is 0 Å². The van der Waals surface area contributed by atoms with E-state index < -0.39 is 16.8 Å². The van der Waals surface area contributed by atoms with E-state index in [1.54, 1.807) is 0 Å². The van der Waals surface area contributed by atoms with Gasteiger partial charge in [0.25, 0.3) is 0 Å². The highest BCUT2D eigenvalue weighted by molar-refractivity contribution is 7.57. The molecule has 6 heteroatoms. The van der Waals surface area contributed by atoms with E-state index in [-0.39, 0.29) is 10.8 Å². The molecule has 0 aliphatic heterocycles. The molecule has 56 heavy (non-hydrogen) atoms. The summed E-state index contributed by atoms with van der Waals surface area (Å²) in [5.41, 5.74) is 8.22. The molecule has 0 N–H and O–H groups in total. The van der Waals surface area contributed by atoms with Crippen molar-refractivity contribution in [3.8, 4) is 34.1 Å². The maximum absolute atomic E-state index is 7.18. The van der Waals surface area contributed by atoms with E-state index in [0.717, 1.165) is 78.1 Å². The topological polar surface area (TPSA) is 36.9 Å². The lowest BCUT2D eigenvalue weighted by molar-refractivity contribution is 0.477. The molecule has 0 amide bonds. The predicted octanol–water partition coefficient (Wildman–Crippen LogP) is 14.4. The zero-order valence-electron chi connectivity index (χ0n) is 35.2. The van der Waals surface area contributed by atoms with E-state index in [1.807, 2.05) is 74.5 Å². The van der Waals surface area contributed by atoms with Crippen LogP contribution in [0.2, 0.25) is 0 Å². The molecule has 0 aliphatic rings. The average molecular weight is 785 g/mol. The Morgan fingerprint density at radius 2 is 0.714 bits per heavy atom. The van der Waals surface area contributed by atoms with Gasteiger partial charge in [-0.2, -0.15) is 0 Å². The summed E-state index contributed by atoms with van der Waals surface area (Å²) in [6.45, 7) is 25.7. The Balaban J connectivity index is 0.00000295. The Morgan fingerprint density at radius 3 is 1.05 bits per heavy atom. The van der Waals surface area contributed by atoms with Crippen LogP contribution in [-0.2, 0) is 10.8 Å². The van der Waals surface area contributed by atoms with Gasteiger partial charge in [0.15, 0.2) is 0 Å². The lowest BCUT2D eigenvalue weighted by Gasteiger charge is -2.28. The minimum atomic E-state index is -1.59. The lowest BCUT2D eigenvalue weighted by Crippen LogP contribution is -2.16. The molecule has 6 rings (SSSR count). The molecule has 0 radical (unpaired) electrons. The van der Waals surface area contributed by atoms with Crippen LogP contribution in [-0.4, -0.2) is 0 Å². The van der Waals surface area contributed by atoms with Crippen molar-refractivity contribution in [3.63, 3.8) is 0 Å². The fraction of sp³-hybridized carbons (Fsp3) is 0.280. The molecule has 0 aliphatic carbocycles. The van der Waals surface area contributed by atoms with Gasteiger partial charge in [0.1, 0.15) is 23.0 Å². The van der Waals surface area contributed by atoms with E-state index in [1.165, 1.54) is 0 Å². The summed E-state index contributed by atoms with van der Waals surface area (Å²) < 4.78 is 28.2. The third kappa shape index (κ3) is 10.4. The maximum Gasteiger partial charge on any atom is 0.326 e. The molecule has 0 aromatic heterocycles. The predicted molar refractivity (Wildman–Crippen MR) is 241 cm³/mol. The average Bonchev–Trinajstić information content (AvgIpc) is 3.17. The zero-order chi connectivity index (χ0) is 40.6. The first-order valence-electron chi connectivity index (χ1n) is 19.5. The van der Waals surface area contributed by atoms with Crippen molar-refractivity contribution in [3.05, 3.63) is 167 Å². The summed E-state index contributed by atoms with van der Waals surface area (Å²) >= 11 is 0. The normalized spacial score (nSPS) is 12.5. The number of rotatable bonds is 11. The van der Waals surface area contributed by atoms with Gasteiger partial charge in [-0.15, -0.1) is 0 Å². The Labute approximate surface area is 339 Å². The Bertz CT molecular complexity index is 2040.